The summed E-state index contributed by atoms with van der Waals surface area (Å²) in [5, 5.41) is 9.38. The lowest BCUT2D eigenvalue weighted by atomic mass is 9.98. The molecule has 6 heteroatoms. The van der Waals surface area contributed by atoms with Crippen molar-refractivity contribution in [1.82, 2.24) is 9.99 Å². The zero-order valence-electron chi connectivity index (χ0n) is 15.4. The van der Waals surface area contributed by atoms with Gasteiger partial charge in [0.25, 0.3) is 0 Å². The molecule has 28 heavy (non-hydrogen) atoms. The van der Waals surface area contributed by atoms with E-state index >= 15 is 0 Å². The molecule has 0 saturated carbocycles. The number of hydrazone groups is 1. The third-order valence-electron chi connectivity index (χ3n) is 4.72. The summed E-state index contributed by atoms with van der Waals surface area (Å²) < 4.78 is 5.21. The van der Waals surface area contributed by atoms with Crippen molar-refractivity contribution < 1.29 is 9.53 Å². The molecule has 4 rings (SSSR count). The molecule has 6 nitrogen and oxygen atoms in total. The van der Waals surface area contributed by atoms with Gasteiger partial charge in [-0.3, -0.25) is 9.78 Å². The zero-order valence-corrected chi connectivity index (χ0v) is 15.4. The lowest BCUT2D eigenvalue weighted by molar-refractivity contribution is -0.119. The summed E-state index contributed by atoms with van der Waals surface area (Å²) in [7, 11) is 1.64. The minimum absolute atomic E-state index is 0.116. The summed E-state index contributed by atoms with van der Waals surface area (Å²) in [6, 6.07) is 19.5. The van der Waals surface area contributed by atoms with Crippen LogP contribution in [-0.2, 0) is 4.79 Å². The van der Waals surface area contributed by atoms with E-state index in [0.29, 0.717) is 6.42 Å². The minimum Gasteiger partial charge on any atom is -0.497 e. The highest BCUT2D eigenvalue weighted by molar-refractivity contribution is 6.03. The number of anilines is 2. The van der Waals surface area contributed by atoms with Crippen molar-refractivity contribution in [2.75, 3.05) is 12.4 Å². The fraction of sp³-hybridized carbons (Fsp3) is 0.136. The third kappa shape index (κ3) is 3.71. The van der Waals surface area contributed by atoms with Crippen LogP contribution in [-0.4, -0.2) is 29.2 Å². The molecule has 0 fully saturated rings. The highest BCUT2D eigenvalue weighted by Gasteiger charge is 2.28. The molecule has 1 atom stereocenters. The molecule has 1 amide bonds. The first-order chi connectivity index (χ1) is 13.8. The van der Waals surface area contributed by atoms with Crippen molar-refractivity contribution in [3.63, 3.8) is 0 Å². The predicted octanol–water partition coefficient (Wildman–Crippen LogP) is 4.14. The van der Waals surface area contributed by atoms with Gasteiger partial charge in [-0.25, -0.2) is 5.01 Å². The molecule has 0 bridgehead atoms. The number of amides is 1. The summed E-state index contributed by atoms with van der Waals surface area (Å²) in [6.45, 7) is 0. The van der Waals surface area contributed by atoms with Crippen molar-refractivity contribution in [2.45, 2.75) is 12.5 Å². The van der Waals surface area contributed by atoms with E-state index in [4.69, 9.17) is 4.74 Å². The Morgan fingerprint density at radius 1 is 1.07 bits per heavy atom. The van der Waals surface area contributed by atoms with Crippen molar-refractivity contribution >= 4 is 23.5 Å². The van der Waals surface area contributed by atoms with Gasteiger partial charge in [0.05, 0.1) is 18.9 Å². The van der Waals surface area contributed by atoms with Gasteiger partial charge in [-0.2, -0.15) is 5.10 Å². The summed E-state index contributed by atoms with van der Waals surface area (Å²) in [5.74, 6) is 0.787. The number of hydrogen-bond acceptors (Lipinski definition) is 5. The average molecular weight is 372 g/mol. The summed E-state index contributed by atoms with van der Waals surface area (Å²) in [5.41, 5.74) is 4.81. The van der Waals surface area contributed by atoms with Crippen molar-refractivity contribution in [1.29, 1.82) is 0 Å². The number of carbonyl (C=O) groups excluding carboxylic acids is 1. The molecule has 1 aromatic heterocycles. The second-order valence-corrected chi connectivity index (χ2v) is 6.47. The van der Waals surface area contributed by atoms with Gasteiger partial charge in [0.1, 0.15) is 5.75 Å². The van der Waals surface area contributed by atoms with Gasteiger partial charge in [-0.05, 0) is 47.5 Å². The van der Waals surface area contributed by atoms with E-state index in [-0.39, 0.29) is 6.04 Å². The van der Waals surface area contributed by atoms with Crippen LogP contribution in [0.15, 0.2) is 78.2 Å². The van der Waals surface area contributed by atoms with Crippen LogP contribution in [0.4, 0.5) is 11.4 Å². The maximum Gasteiger partial charge on any atom is 0.230 e. The summed E-state index contributed by atoms with van der Waals surface area (Å²) in [6.07, 6.45) is 4.92. The first-order valence-corrected chi connectivity index (χ1v) is 8.99. The van der Waals surface area contributed by atoms with Gasteiger partial charge in [-0.1, -0.05) is 24.3 Å². The molecule has 1 unspecified atom stereocenters. The Bertz CT molecular complexity index is 987. The Morgan fingerprint density at radius 3 is 2.57 bits per heavy atom. The van der Waals surface area contributed by atoms with Crippen molar-refractivity contribution in [2.24, 2.45) is 5.10 Å². The second kappa shape index (κ2) is 7.92. The van der Waals surface area contributed by atoms with Crippen LogP contribution < -0.4 is 10.1 Å². The molecular weight excluding hydrogens is 352 g/mol. The van der Waals surface area contributed by atoms with Gasteiger partial charge < -0.3 is 10.1 Å². The van der Waals surface area contributed by atoms with Crippen LogP contribution in [0.25, 0.3) is 0 Å². The number of nitrogens with zero attached hydrogens (tertiary/aromatic N) is 3. The minimum atomic E-state index is -0.116. The molecule has 0 spiro atoms. The zero-order chi connectivity index (χ0) is 19.3. The molecule has 1 aliphatic heterocycles. The Morgan fingerprint density at radius 2 is 1.86 bits per heavy atom. The molecule has 0 aliphatic carbocycles. The van der Waals surface area contributed by atoms with E-state index < -0.39 is 0 Å². The van der Waals surface area contributed by atoms with Gasteiger partial charge in [0, 0.05) is 30.2 Å². The van der Waals surface area contributed by atoms with E-state index in [1.54, 1.807) is 19.5 Å². The lowest BCUT2D eigenvalue weighted by Gasteiger charge is -2.17. The van der Waals surface area contributed by atoms with Gasteiger partial charge in [-0.15, -0.1) is 0 Å². The predicted molar refractivity (Wildman–Crippen MR) is 109 cm³/mol. The normalized spacial score (nSPS) is 15.8. The summed E-state index contributed by atoms with van der Waals surface area (Å²) >= 11 is 0. The highest BCUT2D eigenvalue weighted by atomic mass is 16.5. The molecule has 2 heterocycles. The van der Waals surface area contributed by atoms with Crippen LogP contribution in [0.2, 0.25) is 0 Å². The largest absolute Gasteiger partial charge is 0.497 e. The Hall–Kier alpha value is -3.67. The van der Waals surface area contributed by atoms with E-state index in [2.05, 4.69) is 15.4 Å². The van der Waals surface area contributed by atoms with Crippen LogP contribution in [0.1, 0.15) is 23.6 Å². The van der Waals surface area contributed by atoms with Gasteiger partial charge in [0.2, 0.25) is 6.41 Å². The maximum absolute atomic E-state index is 11.6. The first kappa shape index (κ1) is 17.7. The number of pyridine rings is 1. The molecule has 0 radical (unpaired) electrons. The lowest BCUT2D eigenvalue weighted by Crippen LogP contribution is -2.17. The molecular formula is C22H20N4O2. The monoisotopic (exact) mass is 372 g/mol. The first-order valence-electron chi connectivity index (χ1n) is 8.99. The van der Waals surface area contributed by atoms with Gasteiger partial charge >= 0.3 is 0 Å². The molecule has 140 valence electrons. The van der Waals surface area contributed by atoms with E-state index in [0.717, 1.165) is 40.4 Å². The SMILES string of the molecule is COc1ccc(C2CC(c3cccc(Nc4ccncc4)c3)=NN2C=O)cc1. The topological polar surface area (TPSA) is 66.8 Å². The van der Waals surface area contributed by atoms with E-state index in [1.165, 1.54) is 5.01 Å². The number of methoxy groups -OCH3 is 1. The third-order valence-corrected chi connectivity index (χ3v) is 4.72. The number of benzene rings is 2. The average Bonchev–Trinajstić information content (AvgIpc) is 3.19. The van der Waals surface area contributed by atoms with Gasteiger partial charge in [0.15, 0.2) is 0 Å². The molecule has 2 aromatic carbocycles. The molecule has 3 aromatic rings. The number of rotatable bonds is 6. The fourth-order valence-corrected chi connectivity index (χ4v) is 3.27. The number of aromatic nitrogens is 1. The molecule has 1 aliphatic rings. The Balaban J connectivity index is 1.55. The van der Waals surface area contributed by atoms with Crippen molar-refractivity contribution in [3.05, 3.63) is 84.2 Å². The van der Waals surface area contributed by atoms with Crippen LogP contribution in [0.5, 0.6) is 5.75 Å². The number of ether oxygens (including phenoxy) is 1. The number of carbonyl (C=O) groups is 1. The van der Waals surface area contributed by atoms with Crippen LogP contribution in [0, 0.1) is 0 Å². The van der Waals surface area contributed by atoms with E-state index in [1.807, 2.05) is 60.7 Å². The maximum atomic E-state index is 11.6. The Kier molecular flexibility index (Phi) is 5.01. The summed E-state index contributed by atoms with van der Waals surface area (Å²) in [4.78, 5) is 15.6. The quantitative estimate of drug-likeness (QED) is 0.661. The van der Waals surface area contributed by atoms with Crippen LogP contribution in [0.3, 0.4) is 0 Å². The molecule has 0 saturated heterocycles. The fourth-order valence-electron chi connectivity index (χ4n) is 3.27. The Labute approximate surface area is 163 Å². The standard InChI is InChI=1S/C22H20N4O2/c1-28-20-7-5-16(6-8-20)22-14-21(25-26(22)15-27)17-3-2-4-19(13-17)24-18-9-11-23-12-10-18/h2-13,15,22H,14H2,1H3,(H,23,24). The number of hydrogen-bond donors (Lipinski definition) is 1. The highest BCUT2D eigenvalue weighted by Crippen LogP contribution is 2.33. The van der Waals surface area contributed by atoms with Crippen LogP contribution >= 0.6 is 0 Å². The van der Waals surface area contributed by atoms with E-state index in [9.17, 15) is 4.79 Å². The van der Waals surface area contributed by atoms with Crippen molar-refractivity contribution in [3.8, 4) is 5.75 Å². The second-order valence-electron chi connectivity index (χ2n) is 6.47. The number of nitrogens with one attached hydrogen (secondary N) is 1. The molecule has 1 N–H and O–H groups in total. The smallest absolute Gasteiger partial charge is 0.230 e.